The number of hydrogen-bond donors (Lipinski definition) is 0. The van der Waals surface area contributed by atoms with Crippen molar-refractivity contribution in [3.8, 4) is 17.2 Å². The third-order valence-electron chi connectivity index (χ3n) is 5.43. The molecule has 1 aliphatic heterocycles. The van der Waals surface area contributed by atoms with Crippen molar-refractivity contribution in [1.82, 2.24) is 4.90 Å². The van der Waals surface area contributed by atoms with Gasteiger partial charge >= 0.3 is 0 Å². The van der Waals surface area contributed by atoms with Crippen molar-refractivity contribution in [2.24, 2.45) is 0 Å². The lowest BCUT2D eigenvalue weighted by Crippen LogP contribution is -2.31. The Bertz CT molecular complexity index is 878. The molecule has 6 nitrogen and oxygen atoms in total. The first kappa shape index (κ1) is 21.7. The molecule has 0 aromatic heterocycles. The lowest BCUT2D eigenvalue weighted by Gasteiger charge is -2.26. The lowest BCUT2D eigenvalue weighted by molar-refractivity contribution is -0.132. The predicted octanol–water partition coefficient (Wildman–Crippen LogP) is 4.43. The van der Waals surface area contributed by atoms with Gasteiger partial charge in [-0.2, -0.15) is 0 Å². The van der Waals surface area contributed by atoms with Gasteiger partial charge < -0.3 is 19.1 Å². The van der Waals surface area contributed by atoms with E-state index in [9.17, 15) is 9.59 Å². The zero-order valence-corrected chi connectivity index (χ0v) is 17.8. The van der Waals surface area contributed by atoms with Crippen LogP contribution in [0.1, 0.15) is 54.6 Å². The third-order valence-corrected chi connectivity index (χ3v) is 5.43. The van der Waals surface area contributed by atoms with Gasteiger partial charge in [0.1, 0.15) is 17.2 Å². The first-order valence-electron chi connectivity index (χ1n) is 10.3. The number of Topliss-reactive ketones (excluding diaryl/α,β-unsaturated/α-hetero) is 1. The minimum Gasteiger partial charge on any atom is -0.497 e. The van der Waals surface area contributed by atoms with Crippen LogP contribution in [0.2, 0.25) is 0 Å². The average Bonchev–Trinajstić information content (AvgIpc) is 3.27. The number of nitrogens with zero attached hydrogens (tertiary/aromatic N) is 1. The molecule has 3 rings (SSSR count). The molecule has 1 fully saturated rings. The summed E-state index contributed by atoms with van der Waals surface area (Å²) in [5, 5.41) is 0. The van der Waals surface area contributed by atoms with E-state index in [0.717, 1.165) is 24.2 Å². The van der Waals surface area contributed by atoms with Gasteiger partial charge in [-0.05, 0) is 56.2 Å². The van der Waals surface area contributed by atoms with Crippen LogP contribution in [0.3, 0.4) is 0 Å². The summed E-state index contributed by atoms with van der Waals surface area (Å²) in [6, 6.07) is 12.7. The fourth-order valence-electron chi connectivity index (χ4n) is 3.89. The second-order valence-corrected chi connectivity index (χ2v) is 7.23. The Morgan fingerprint density at radius 1 is 1.00 bits per heavy atom. The van der Waals surface area contributed by atoms with Crippen molar-refractivity contribution in [1.29, 1.82) is 0 Å². The number of rotatable bonds is 9. The van der Waals surface area contributed by atoms with E-state index >= 15 is 0 Å². The van der Waals surface area contributed by atoms with Gasteiger partial charge in [0.15, 0.2) is 5.78 Å². The van der Waals surface area contributed by atoms with Crippen LogP contribution in [0.4, 0.5) is 0 Å². The van der Waals surface area contributed by atoms with Crippen LogP contribution in [0.5, 0.6) is 17.2 Å². The molecule has 1 unspecified atom stereocenters. The van der Waals surface area contributed by atoms with E-state index in [1.807, 2.05) is 30.0 Å². The molecule has 1 heterocycles. The molecule has 2 aromatic rings. The van der Waals surface area contributed by atoms with Gasteiger partial charge in [-0.15, -0.1) is 0 Å². The van der Waals surface area contributed by atoms with E-state index in [1.165, 1.54) is 0 Å². The highest BCUT2D eigenvalue weighted by molar-refractivity contribution is 5.98. The first-order valence-corrected chi connectivity index (χ1v) is 10.3. The Labute approximate surface area is 177 Å². The third kappa shape index (κ3) is 4.93. The molecule has 30 heavy (non-hydrogen) atoms. The van der Waals surface area contributed by atoms with Crippen LogP contribution in [-0.2, 0) is 4.79 Å². The van der Waals surface area contributed by atoms with Crippen molar-refractivity contribution in [3.05, 3.63) is 53.6 Å². The zero-order valence-electron chi connectivity index (χ0n) is 17.8. The minimum absolute atomic E-state index is 0.00495. The van der Waals surface area contributed by atoms with Crippen molar-refractivity contribution < 1.29 is 23.8 Å². The largest absolute Gasteiger partial charge is 0.497 e. The van der Waals surface area contributed by atoms with Gasteiger partial charge in [0.05, 0.1) is 26.9 Å². The molecule has 1 saturated heterocycles. The molecular formula is C24H29NO5. The molecule has 1 aliphatic rings. The molecule has 1 amide bonds. The van der Waals surface area contributed by atoms with Crippen molar-refractivity contribution >= 4 is 11.7 Å². The number of ketones is 1. The second kappa shape index (κ2) is 10.1. The summed E-state index contributed by atoms with van der Waals surface area (Å²) in [7, 11) is 3.23. The van der Waals surface area contributed by atoms with E-state index in [4.69, 9.17) is 14.2 Å². The lowest BCUT2D eigenvalue weighted by atomic mass is 10.0. The van der Waals surface area contributed by atoms with Crippen LogP contribution in [0, 0.1) is 0 Å². The maximum absolute atomic E-state index is 12.9. The van der Waals surface area contributed by atoms with Crippen LogP contribution in [0.15, 0.2) is 42.5 Å². The Morgan fingerprint density at radius 3 is 2.40 bits per heavy atom. The van der Waals surface area contributed by atoms with Gasteiger partial charge in [-0.25, -0.2) is 0 Å². The van der Waals surface area contributed by atoms with Crippen molar-refractivity contribution in [2.45, 2.75) is 38.6 Å². The maximum atomic E-state index is 12.9. The van der Waals surface area contributed by atoms with Crippen molar-refractivity contribution in [3.63, 3.8) is 0 Å². The Morgan fingerprint density at radius 2 is 1.73 bits per heavy atom. The molecule has 160 valence electrons. The Balaban J connectivity index is 1.64. The van der Waals surface area contributed by atoms with Gasteiger partial charge in [0, 0.05) is 36.6 Å². The number of carbonyl (C=O) groups is 2. The summed E-state index contributed by atoms with van der Waals surface area (Å²) in [6.45, 7) is 3.19. The van der Waals surface area contributed by atoms with Gasteiger partial charge in [-0.1, -0.05) is 0 Å². The van der Waals surface area contributed by atoms with Crippen LogP contribution < -0.4 is 14.2 Å². The predicted molar refractivity (Wildman–Crippen MR) is 114 cm³/mol. The average molecular weight is 411 g/mol. The molecule has 0 N–H and O–H groups in total. The maximum Gasteiger partial charge on any atom is 0.223 e. The number of ether oxygens (including phenoxy) is 3. The molecule has 0 radical (unpaired) electrons. The monoisotopic (exact) mass is 411 g/mol. The highest BCUT2D eigenvalue weighted by atomic mass is 16.5. The van der Waals surface area contributed by atoms with Crippen LogP contribution in [0.25, 0.3) is 0 Å². The van der Waals surface area contributed by atoms with Gasteiger partial charge in [0.25, 0.3) is 0 Å². The molecule has 0 bridgehead atoms. The fraction of sp³-hybridized carbons (Fsp3) is 0.417. The summed E-state index contributed by atoms with van der Waals surface area (Å²) >= 11 is 0. The number of carbonyl (C=O) groups excluding carboxylic acids is 2. The molecule has 0 spiro atoms. The van der Waals surface area contributed by atoms with E-state index in [0.29, 0.717) is 30.2 Å². The summed E-state index contributed by atoms with van der Waals surface area (Å²) < 4.78 is 16.2. The highest BCUT2D eigenvalue weighted by Gasteiger charge is 2.32. The normalized spacial score (nSPS) is 15.7. The molecular weight excluding hydrogens is 382 g/mol. The number of methoxy groups -OCH3 is 2. The topological polar surface area (TPSA) is 65.1 Å². The highest BCUT2D eigenvalue weighted by Crippen LogP contribution is 2.39. The standard InChI is InChI=1S/C24H29NO5/c1-4-30-18-9-7-17(8-10-18)22(26)13-14-24(27)25-15-5-6-21(25)20-12-11-19(28-2)16-23(20)29-3/h7-12,16,21H,4-6,13-15H2,1-3H3. The molecule has 1 atom stereocenters. The Kier molecular flexibility index (Phi) is 7.33. The SMILES string of the molecule is CCOc1ccc(C(=O)CCC(=O)N2CCCC2c2ccc(OC)cc2OC)cc1. The van der Waals surface area contributed by atoms with E-state index < -0.39 is 0 Å². The fourth-order valence-corrected chi connectivity index (χ4v) is 3.89. The van der Waals surface area contributed by atoms with Crippen molar-refractivity contribution in [2.75, 3.05) is 27.4 Å². The summed E-state index contributed by atoms with van der Waals surface area (Å²) in [5.74, 6) is 2.12. The summed E-state index contributed by atoms with van der Waals surface area (Å²) in [6.07, 6.45) is 2.19. The summed E-state index contributed by atoms with van der Waals surface area (Å²) in [4.78, 5) is 27.3. The number of hydrogen-bond acceptors (Lipinski definition) is 5. The molecule has 2 aromatic carbocycles. The van der Waals surface area contributed by atoms with E-state index in [2.05, 4.69) is 0 Å². The van der Waals surface area contributed by atoms with E-state index in [-0.39, 0.29) is 30.6 Å². The first-order chi connectivity index (χ1) is 14.6. The number of benzene rings is 2. The number of likely N-dealkylation sites (tertiary alicyclic amines) is 1. The molecule has 6 heteroatoms. The smallest absolute Gasteiger partial charge is 0.223 e. The molecule has 0 saturated carbocycles. The minimum atomic E-state index is -0.0427. The molecule has 0 aliphatic carbocycles. The summed E-state index contributed by atoms with van der Waals surface area (Å²) in [5.41, 5.74) is 1.57. The van der Waals surface area contributed by atoms with Crippen LogP contribution >= 0.6 is 0 Å². The van der Waals surface area contributed by atoms with Gasteiger partial charge in [0.2, 0.25) is 5.91 Å². The number of amides is 1. The van der Waals surface area contributed by atoms with E-state index in [1.54, 1.807) is 38.5 Å². The second-order valence-electron chi connectivity index (χ2n) is 7.23. The van der Waals surface area contributed by atoms with Crippen LogP contribution in [-0.4, -0.2) is 44.0 Å². The zero-order chi connectivity index (χ0) is 21.5. The van der Waals surface area contributed by atoms with Gasteiger partial charge in [-0.3, -0.25) is 9.59 Å². The quantitative estimate of drug-likeness (QED) is 0.571. The Hall–Kier alpha value is -3.02.